The molecule has 15 heavy (non-hydrogen) atoms. The molecule has 0 amide bonds. The lowest BCUT2D eigenvalue weighted by Gasteiger charge is -2.32. The molecule has 0 unspecified atom stereocenters. The Morgan fingerprint density at radius 3 is 3.07 bits per heavy atom. The lowest BCUT2D eigenvalue weighted by atomic mass is 10.3. The van der Waals surface area contributed by atoms with Crippen LogP contribution < -0.4 is 5.32 Å². The fraction of sp³-hybridized carbons (Fsp3) is 0.778. The van der Waals surface area contributed by atoms with Gasteiger partial charge in [0.25, 0.3) is 0 Å². The molecule has 0 spiro atoms. The summed E-state index contributed by atoms with van der Waals surface area (Å²) in [7, 11) is 1.42. The molecule has 0 aromatic carbocycles. The Kier molecular flexibility index (Phi) is 5.17. The van der Waals surface area contributed by atoms with Crippen LogP contribution in [0.1, 0.15) is 6.92 Å². The zero-order chi connectivity index (χ0) is 11.3. The van der Waals surface area contributed by atoms with Gasteiger partial charge in [-0.25, -0.2) is 0 Å². The van der Waals surface area contributed by atoms with Gasteiger partial charge < -0.3 is 15.0 Å². The molecule has 1 aliphatic rings. The van der Waals surface area contributed by atoms with E-state index < -0.39 is 0 Å². The van der Waals surface area contributed by atoms with Crippen molar-refractivity contribution in [2.45, 2.75) is 12.2 Å². The first-order valence-corrected chi connectivity index (χ1v) is 6.37. The van der Waals surface area contributed by atoms with Crippen LogP contribution in [0.25, 0.3) is 0 Å². The van der Waals surface area contributed by atoms with Gasteiger partial charge in [0, 0.05) is 25.4 Å². The Hall–Kier alpha value is -0.490. The average Bonchev–Trinajstić information content (AvgIpc) is 2.28. The lowest BCUT2D eigenvalue weighted by molar-refractivity contribution is -0.140. The first-order valence-electron chi connectivity index (χ1n) is 4.91. The quantitative estimate of drug-likeness (QED) is 0.566. The van der Waals surface area contributed by atoms with E-state index in [1.807, 2.05) is 11.8 Å². The van der Waals surface area contributed by atoms with Crippen molar-refractivity contribution in [1.82, 2.24) is 10.2 Å². The molecule has 1 fully saturated rings. The van der Waals surface area contributed by atoms with Gasteiger partial charge in [-0.3, -0.25) is 4.79 Å². The molecule has 0 aromatic rings. The van der Waals surface area contributed by atoms with Crippen molar-refractivity contribution >= 4 is 35.1 Å². The van der Waals surface area contributed by atoms with Crippen molar-refractivity contribution < 1.29 is 9.53 Å². The molecule has 4 nitrogen and oxygen atoms in total. The van der Waals surface area contributed by atoms with Gasteiger partial charge >= 0.3 is 5.97 Å². The molecule has 0 radical (unpaired) electrons. The molecule has 1 rings (SSSR count). The predicted molar refractivity (Wildman–Crippen MR) is 66.1 cm³/mol. The molecule has 1 heterocycles. The van der Waals surface area contributed by atoms with Crippen molar-refractivity contribution in [3.8, 4) is 0 Å². The maximum Gasteiger partial charge on any atom is 0.320 e. The molecule has 0 bridgehead atoms. The highest BCUT2D eigenvalue weighted by Crippen LogP contribution is 2.19. The third kappa shape index (κ3) is 3.53. The minimum absolute atomic E-state index is 0.111. The van der Waals surface area contributed by atoms with E-state index in [0.29, 0.717) is 6.54 Å². The summed E-state index contributed by atoms with van der Waals surface area (Å²) >= 11 is 6.83. The van der Waals surface area contributed by atoms with E-state index in [2.05, 4.69) is 5.32 Å². The Morgan fingerprint density at radius 1 is 1.73 bits per heavy atom. The van der Waals surface area contributed by atoms with Crippen LogP contribution in [0.3, 0.4) is 0 Å². The minimum atomic E-state index is -0.163. The van der Waals surface area contributed by atoms with Gasteiger partial charge in [-0.1, -0.05) is 0 Å². The van der Waals surface area contributed by atoms with Crippen molar-refractivity contribution in [2.75, 3.05) is 32.5 Å². The van der Waals surface area contributed by atoms with Crippen LogP contribution in [0.5, 0.6) is 0 Å². The minimum Gasteiger partial charge on any atom is -0.468 e. The van der Waals surface area contributed by atoms with Crippen LogP contribution in [0.2, 0.25) is 0 Å². The van der Waals surface area contributed by atoms with E-state index in [1.165, 1.54) is 7.11 Å². The Labute approximate surface area is 99.7 Å². The summed E-state index contributed by atoms with van der Waals surface area (Å²) in [4.78, 5) is 13.4. The van der Waals surface area contributed by atoms with Gasteiger partial charge in [-0.15, -0.1) is 11.8 Å². The number of thioether (sulfide) groups is 1. The maximum atomic E-state index is 11.4. The molecule has 1 aliphatic heterocycles. The van der Waals surface area contributed by atoms with E-state index in [4.69, 9.17) is 17.0 Å². The van der Waals surface area contributed by atoms with Crippen LogP contribution in [0.15, 0.2) is 0 Å². The molecule has 86 valence electrons. The third-order valence-electron chi connectivity index (χ3n) is 2.15. The smallest absolute Gasteiger partial charge is 0.320 e. The first-order chi connectivity index (χ1) is 7.19. The molecule has 6 heteroatoms. The average molecular weight is 248 g/mol. The topological polar surface area (TPSA) is 41.6 Å². The number of thiocarbonyl (C=S) groups is 1. The first kappa shape index (κ1) is 12.6. The Balaban J connectivity index is 2.48. The van der Waals surface area contributed by atoms with Crippen molar-refractivity contribution in [1.29, 1.82) is 0 Å². The lowest BCUT2D eigenvalue weighted by Crippen LogP contribution is -2.48. The number of carbonyl (C=O) groups excluding carboxylic acids is 1. The van der Waals surface area contributed by atoms with Gasteiger partial charge in [0.2, 0.25) is 0 Å². The number of nitrogens with one attached hydrogen (secondary N) is 1. The molecular formula is C9H16N2O2S2. The number of carbonyl (C=O) groups is 1. The standard InChI is InChI=1S/C9H16N2O2S2/c1-3-10-9(14)11-4-5-15-7(6-11)8(12)13-2/h7H,3-6H2,1-2H3,(H,10,14)/t7-/m1/s1. The molecular weight excluding hydrogens is 232 g/mol. The van der Waals surface area contributed by atoms with Crippen LogP contribution in [-0.2, 0) is 9.53 Å². The predicted octanol–water partition coefficient (Wildman–Crippen LogP) is 0.471. The van der Waals surface area contributed by atoms with Crippen molar-refractivity contribution in [3.63, 3.8) is 0 Å². The second kappa shape index (κ2) is 6.17. The zero-order valence-corrected chi connectivity index (χ0v) is 10.6. The van der Waals surface area contributed by atoms with Crippen LogP contribution in [0.4, 0.5) is 0 Å². The third-order valence-corrected chi connectivity index (χ3v) is 3.71. The number of esters is 1. The summed E-state index contributed by atoms with van der Waals surface area (Å²) in [6.45, 7) is 4.35. The number of methoxy groups -OCH3 is 1. The van der Waals surface area contributed by atoms with Gasteiger partial charge in [0.05, 0.1) is 7.11 Å². The van der Waals surface area contributed by atoms with E-state index in [-0.39, 0.29) is 11.2 Å². The number of hydrogen-bond acceptors (Lipinski definition) is 4. The number of ether oxygens (including phenoxy) is 1. The summed E-state index contributed by atoms with van der Waals surface area (Å²) in [6, 6.07) is 0. The Morgan fingerprint density at radius 2 is 2.47 bits per heavy atom. The summed E-state index contributed by atoms with van der Waals surface area (Å²) in [6.07, 6.45) is 0. The van der Waals surface area contributed by atoms with E-state index >= 15 is 0 Å². The molecule has 1 N–H and O–H groups in total. The van der Waals surface area contributed by atoms with Crippen LogP contribution >= 0.6 is 24.0 Å². The summed E-state index contributed by atoms with van der Waals surface area (Å²) < 4.78 is 4.73. The highest BCUT2D eigenvalue weighted by atomic mass is 32.2. The highest BCUT2D eigenvalue weighted by Gasteiger charge is 2.27. The molecule has 1 atom stereocenters. The zero-order valence-electron chi connectivity index (χ0n) is 8.99. The van der Waals surface area contributed by atoms with Crippen molar-refractivity contribution in [2.24, 2.45) is 0 Å². The van der Waals surface area contributed by atoms with E-state index in [1.54, 1.807) is 11.8 Å². The highest BCUT2D eigenvalue weighted by molar-refractivity contribution is 8.00. The fourth-order valence-electron chi connectivity index (χ4n) is 1.37. The SMILES string of the molecule is CCNC(=S)N1CCS[C@@H](C(=O)OC)C1. The summed E-state index contributed by atoms with van der Waals surface area (Å²) in [5, 5.41) is 3.71. The van der Waals surface area contributed by atoms with Gasteiger partial charge in [0.1, 0.15) is 5.25 Å². The monoisotopic (exact) mass is 248 g/mol. The molecule has 0 saturated carbocycles. The number of nitrogens with zero attached hydrogens (tertiary/aromatic N) is 1. The van der Waals surface area contributed by atoms with Gasteiger partial charge in [0.15, 0.2) is 5.11 Å². The number of rotatable bonds is 2. The second-order valence-corrected chi connectivity index (χ2v) is 4.86. The molecule has 1 saturated heterocycles. The van der Waals surface area contributed by atoms with Gasteiger partial charge in [-0.2, -0.15) is 0 Å². The largest absolute Gasteiger partial charge is 0.468 e. The molecule has 0 aromatic heterocycles. The fourth-order valence-corrected chi connectivity index (χ4v) is 2.81. The van der Waals surface area contributed by atoms with Crippen LogP contribution in [-0.4, -0.2) is 53.7 Å². The number of hydrogen-bond donors (Lipinski definition) is 1. The van der Waals surface area contributed by atoms with Crippen molar-refractivity contribution in [3.05, 3.63) is 0 Å². The van der Waals surface area contributed by atoms with E-state index in [0.717, 1.165) is 24.0 Å². The van der Waals surface area contributed by atoms with E-state index in [9.17, 15) is 4.79 Å². The summed E-state index contributed by atoms with van der Waals surface area (Å²) in [5.41, 5.74) is 0. The second-order valence-electron chi connectivity index (χ2n) is 3.16. The van der Waals surface area contributed by atoms with Crippen LogP contribution in [0, 0.1) is 0 Å². The Bertz CT molecular complexity index is 248. The van der Waals surface area contributed by atoms with Gasteiger partial charge in [-0.05, 0) is 19.1 Å². The maximum absolute atomic E-state index is 11.4. The summed E-state index contributed by atoms with van der Waals surface area (Å²) in [5.74, 6) is 0.745. The normalized spacial score (nSPS) is 20.9. The molecule has 0 aliphatic carbocycles.